The van der Waals surface area contributed by atoms with E-state index in [1.165, 1.54) is 6.07 Å². The summed E-state index contributed by atoms with van der Waals surface area (Å²) in [6.07, 6.45) is 2.63. The lowest BCUT2D eigenvalue weighted by Crippen LogP contribution is -2.50. The molecule has 0 unspecified atom stereocenters. The van der Waals surface area contributed by atoms with Crippen LogP contribution in [-0.4, -0.2) is 48.1 Å². The van der Waals surface area contributed by atoms with Crippen molar-refractivity contribution in [1.82, 2.24) is 10.6 Å². The summed E-state index contributed by atoms with van der Waals surface area (Å²) in [5.74, 6) is -2.65. The summed E-state index contributed by atoms with van der Waals surface area (Å²) in [6.45, 7) is 9.95. The molecule has 1 aliphatic carbocycles. The molecule has 2 amide bonds. The molecule has 8 nitrogen and oxygen atoms in total. The molecular weight excluding hydrogens is 618 g/mol. The number of fused-ring (bicyclic) bond motifs is 2. The Balaban J connectivity index is 1.48. The Morgan fingerprint density at radius 2 is 1.82 bits per heavy atom. The van der Waals surface area contributed by atoms with Gasteiger partial charge in [0.2, 0.25) is 11.8 Å². The molecule has 5 rings (SSSR count). The van der Waals surface area contributed by atoms with Crippen LogP contribution in [0.5, 0.6) is 0 Å². The third-order valence-electron chi connectivity index (χ3n) is 9.51. The highest BCUT2D eigenvalue weighted by molar-refractivity contribution is 6.31. The first-order valence-electron chi connectivity index (χ1n) is 15.7. The monoisotopic (exact) mass is 660 g/mol. The summed E-state index contributed by atoms with van der Waals surface area (Å²) in [5, 5.41) is 10.1. The molecule has 0 bridgehead atoms. The van der Waals surface area contributed by atoms with Gasteiger partial charge < -0.3 is 26.4 Å². The first-order valence-corrected chi connectivity index (χ1v) is 16.5. The largest absolute Gasteiger partial charge is 0.461 e. The third kappa shape index (κ3) is 6.46. The normalized spacial score (nSPS) is 28.6. The molecule has 2 aliphatic heterocycles. The first-order chi connectivity index (χ1) is 21.1. The molecule has 5 N–H and O–H groups in total. The molecular formula is C34H43Cl2FN4O4. The van der Waals surface area contributed by atoms with Gasteiger partial charge >= 0.3 is 5.97 Å². The third-order valence-corrected chi connectivity index (χ3v) is 10.0. The van der Waals surface area contributed by atoms with Crippen LogP contribution in [0.2, 0.25) is 10.0 Å². The van der Waals surface area contributed by atoms with Crippen LogP contribution in [0.4, 0.5) is 10.1 Å². The highest BCUT2D eigenvalue weighted by atomic mass is 35.5. The van der Waals surface area contributed by atoms with Gasteiger partial charge in [0.05, 0.1) is 11.1 Å². The van der Waals surface area contributed by atoms with E-state index in [4.69, 9.17) is 33.7 Å². The zero-order chi connectivity index (χ0) is 32.8. The predicted molar refractivity (Wildman–Crippen MR) is 174 cm³/mol. The molecule has 0 radical (unpaired) electrons. The number of hydrogen-bond acceptors (Lipinski definition) is 6. The molecule has 2 aromatic carbocycles. The Bertz CT molecular complexity index is 1470. The van der Waals surface area contributed by atoms with Crippen molar-refractivity contribution in [3.8, 4) is 0 Å². The van der Waals surface area contributed by atoms with E-state index in [0.29, 0.717) is 48.4 Å². The van der Waals surface area contributed by atoms with Crippen LogP contribution in [0.1, 0.15) is 83.8 Å². The van der Waals surface area contributed by atoms with Crippen molar-refractivity contribution < 1.29 is 23.5 Å². The second-order valence-electron chi connectivity index (χ2n) is 14.3. The van der Waals surface area contributed by atoms with Gasteiger partial charge in [-0.25, -0.2) is 4.39 Å². The van der Waals surface area contributed by atoms with E-state index in [9.17, 15) is 14.4 Å². The van der Waals surface area contributed by atoms with Crippen molar-refractivity contribution in [3.63, 3.8) is 0 Å². The minimum absolute atomic E-state index is 0.0272. The van der Waals surface area contributed by atoms with Crippen LogP contribution < -0.4 is 21.7 Å². The number of carbonyl (C=O) groups excluding carboxylic acids is 3. The van der Waals surface area contributed by atoms with Crippen molar-refractivity contribution >= 4 is 46.7 Å². The van der Waals surface area contributed by atoms with E-state index in [-0.39, 0.29) is 45.9 Å². The number of esters is 1. The fourth-order valence-electron chi connectivity index (χ4n) is 7.28. The summed E-state index contributed by atoms with van der Waals surface area (Å²) in [7, 11) is 0. The average Bonchev–Trinajstić information content (AvgIpc) is 3.44. The topological polar surface area (TPSA) is 123 Å². The number of amides is 2. The van der Waals surface area contributed by atoms with Crippen molar-refractivity contribution in [2.45, 2.75) is 108 Å². The number of benzene rings is 2. The number of ether oxygens (including phenoxy) is 1. The van der Waals surface area contributed by atoms with Gasteiger partial charge in [-0.3, -0.25) is 14.4 Å². The van der Waals surface area contributed by atoms with Crippen LogP contribution >= 0.6 is 23.2 Å². The highest BCUT2D eigenvalue weighted by Gasteiger charge is 2.66. The average molecular weight is 662 g/mol. The van der Waals surface area contributed by atoms with Crippen LogP contribution in [0.15, 0.2) is 36.4 Å². The molecule has 45 heavy (non-hydrogen) atoms. The predicted octanol–water partition coefficient (Wildman–Crippen LogP) is 5.84. The number of nitrogens with one attached hydrogen (secondary N) is 3. The summed E-state index contributed by atoms with van der Waals surface area (Å²) in [5.41, 5.74) is 5.81. The lowest BCUT2D eigenvalue weighted by molar-refractivity contribution is -0.153. The number of anilines is 1. The molecule has 1 saturated carbocycles. The van der Waals surface area contributed by atoms with E-state index in [1.807, 2.05) is 13.8 Å². The van der Waals surface area contributed by atoms with Crippen molar-refractivity contribution in [2.75, 3.05) is 5.32 Å². The lowest BCUT2D eigenvalue weighted by atomic mass is 9.62. The number of nitrogens with two attached hydrogens (primary N) is 1. The van der Waals surface area contributed by atoms with Gasteiger partial charge in [0.15, 0.2) is 0 Å². The maximum Gasteiger partial charge on any atom is 0.323 e. The zero-order valence-electron chi connectivity index (χ0n) is 26.4. The highest BCUT2D eigenvalue weighted by Crippen LogP contribution is 2.57. The van der Waals surface area contributed by atoms with Crippen molar-refractivity contribution in [3.05, 3.63) is 63.4 Å². The Morgan fingerprint density at radius 1 is 1.13 bits per heavy atom. The molecule has 5 atom stereocenters. The Kier molecular flexibility index (Phi) is 9.58. The van der Waals surface area contributed by atoms with E-state index >= 15 is 4.39 Å². The number of hydrogen-bond donors (Lipinski definition) is 4. The van der Waals surface area contributed by atoms with Crippen LogP contribution in [0.25, 0.3) is 0 Å². The van der Waals surface area contributed by atoms with Gasteiger partial charge in [-0.2, -0.15) is 0 Å². The fraction of sp³-hybridized carbons (Fsp3) is 0.559. The molecule has 244 valence electrons. The maximum absolute atomic E-state index is 16.0. The second kappa shape index (κ2) is 12.8. The molecule has 1 spiro atoms. The van der Waals surface area contributed by atoms with Gasteiger partial charge in [0, 0.05) is 28.7 Å². The molecule has 0 aromatic heterocycles. The summed E-state index contributed by atoms with van der Waals surface area (Å²) in [4.78, 5) is 40.9. The van der Waals surface area contributed by atoms with Crippen LogP contribution in [-0.2, 0) is 24.5 Å². The van der Waals surface area contributed by atoms with E-state index in [0.717, 1.165) is 0 Å². The van der Waals surface area contributed by atoms with Gasteiger partial charge in [-0.15, -0.1) is 0 Å². The Morgan fingerprint density at radius 3 is 2.47 bits per heavy atom. The van der Waals surface area contributed by atoms with Crippen molar-refractivity contribution in [2.24, 2.45) is 17.1 Å². The van der Waals surface area contributed by atoms with E-state index < -0.39 is 41.2 Å². The second-order valence-corrected chi connectivity index (χ2v) is 15.1. The molecule has 2 fully saturated rings. The van der Waals surface area contributed by atoms with E-state index in [2.05, 4.69) is 36.7 Å². The summed E-state index contributed by atoms with van der Waals surface area (Å²) in [6, 6.07) is 7.60. The first kappa shape index (κ1) is 33.6. The van der Waals surface area contributed by atoms with Gasteiger partial charge in [0.25, 0.3) is 0 Å². The number of carbonyl (C=O) groups is 3. The van der Waals surface area contributed by atoms with E-state index in [1.54, 1.807) is 30.3 Å². The SMILES string of the molecule is CC(C)[C@H](N)C(=O)O[C@H]1CC[C@H](NC(=O)[C@@H]2N[C@H](CC(C)(C)C)[C@]3(C(=O)Nc4cc(Cl)ccc43)[C@H]2c2cccc(Cl)c2F)CC1. The summed E-state index contributed by atoms with van der Waals surface area (Å²) >= 11 is 12.6. The molecule has 2 aromatic rings. The quantitative estimate of drug-likeness (QED) is 0.277. The van der Waals surface area contributed by atoms with Gasteiger partial charge in [0.1, 0.15) is 23.4 Å². The number of rotatable bonds is 7. The van der Waals surface area contributed by atoms with Gasteiger partial charge in [-0.05, 0) is 72.8 Å². The Hall–Kier alpha value is -2.72. The van der Waals surface area contributed by atoms with Gasteiger partial charge in [-0.1, -0.05) is 76.0 Å². The summed E-state index contributed by atoms with van der Waals surface area (Å²) < 4.78 is 21.6. The fourth-order valence-corrected chi connectivity index (χ4v) is 7.64. The smallest absolute Gasteiger partial charge is 0.323 e. The maximum atomic E-state index is 16.0. The van der Waals surface area contributed by atoms with Crippen molar-refractivity contribution in [1.29, 1.82) is 0 Å². The minimum Gasteiger partial charge on any atom is -0.461 e. The molecule has 11 heteroatoms. The zero-order valence-corrected chi connectivity index (χ0v) is 27.9. The molecule has 1 saturated heterocycles. The molecule has 3 aliphatic rings. The standard InChI is InChI=1S/C34H43Cl2FN4O4/c1-17(2)28(38)31(43)45-20-12-10-19(11-13-20)39-30(42)29-26(21-7-6-8-23(36)27(21)37)34(25(41-29)16-33(3,4)5)22-14-9-18(35)15-24(22)40-32(34)44/h6-9,14-15,17,19-20,25-26,28-29,41H,10-13,16,38H2,1-5H3,(H,39,42)(H,40,44)/t19-,20-,25-,26+,28+,29-,34+/m1/s1. The van der Waals surface area contributed by atoms with Crippen LogP contribution in [0.3, 0.4) is 0 Å². The lowest BCUT2D eigenvalue weighted by Gasteiger charge is -2.38. The van der Waals surface area contributed by atoms with Crippen LogP contribution in [0, 0.1) is 17.2 Å². The Labute approximate surface area is 274 Å². The molecule has 2 heterocycles. The number of halogens is 3. The minimum atomic E-state index is -1.32.